The SMILES string of the molecule is CC(C)=CCC/C(C)=C/CC/C(C)=C/CC/C(C)=C/CC/C(C)=C/CC/C(C)=C/CC/C(C)=C/CC1=C(C)C(=O)[13c]2[13cH][13cH][13cH][13cH][13c]2C1=O. The van der Waals surface area contributed by atoms with Crippen molar-refractivity contribution in [3.05, 3.63) is 128 Å². The van der Waals surface area contributed by atoms with Gasteiger partial charge in [0.25, 0.3) is 0 Å². The van der Waals surface area contributed by atoms with Crippen molar-refractivity contribution in [1.29, 1.82) is 0 Å². The van der Waals surface area contributed by atoms with Gasteiger partial charge >= 0.3 is 0 Å². The van der Waals surface area contributed by atoms with E-state index in [1.807, 2.05) is 12.1 Å². The van der Waals surface area contributed by atoms with Crippen molar-refractivity contribution >= 4 is 11.6 Å². The summed E-state index contributed by atoms with van der Waals surface area (Å²) in [5.74, 6) is -0.0311. The third kappa shape index (κ3) is 15.6. The molecule has 0 aromatic heterocycles. The topological polar surface area (TPSA) is 34.1 Å². The predicted octanol–water partition coefficient (Wildman–Crippen LogP) is 14.1. The molecule has 0 radical (unpaired) electrons. The number of benzene rings is 1. The minimum Gasteiger partial charge on any atom is -0.289 e. The normalized spacial score (nSPS) is 15.4. The highest BCUT2D eigenvalue weighted by Crippen LogP contribution is 2.28. The maximum atomic E-state index is 13.0. The van der Waals surface area contributed by atoms with Crippen LogP contribution in [0.2, 0.25) is 0 Å². The molecule has 0 amide bonds. The summed E-state index contributed by atoms with van der Waals surface area (Å²) in [5.41, 5.74) is 12.4. The van der Waals surface area contributed by atoms with Gasteiger partial charge in [0.2, 0.25) is 0 Å². The van der Waals surface area contributed by atoms with Crippen LogP contribution in [-0.4, -0.2) is 11.6 Å². The first kappa shape index (κ1) is 40.7. The van der Waals surface area contributed by atoms with Gasteiger partial charge in [-0.25, -0.2) is 0 Å². The Hall–Kier alpha value is -3.52. The van der Waals surface area contributed by atoms with E-state index >= 15 is 0 Å². The van der Waals surface area contributed by atoms with Crippen LogP contribution < -0.4 is 0 Å². The van der Waals surface area contributed by atoms with E-state index in [-0.39, 0.29) is 11.6 Å². The van der Waals surface area contributed by atoms with Crippen LogP contribution in [0.1, 0.15) is 167 Å². The first-order chi connectivity index (χ1) is 22.9. The first-order valence-corrected chi connectivity index (χ1v) is 18.3. The van der Waals surface area contributed by atoms with Gasteiger partial charge in [0, 0.05) is 22.3 Å². The molecule has 2 rings (SSSR count). The first-order valence-electron chi connectivity index (χ1n) is 18.3. The van der Waals surface area contributed by atoms with Crippen molar-refractivity contribution in [2.45, 2.75) is 146 Å². The summed E-state index contributed by atoms with van der Waals surface area (Å²) < 4.78 is 0. The minimum atomic E-state index is -0.0228. The molecule has 0 bridgehead atoms. The number of carbonyl (C=O) groups excluding carboxylic acids is 2. The molecule has 1 aromatic carbocycles. The van der Waals surface area contributed by atoms with Gasteiger partial charge in [-0.3, -0.25) is 9.59 Å². The Morgan fingerprint density at radius 2 is 0.771 bits per heavy atom. The minimum absolute atomic E-state index is 0.00832. The molecule has 0 aliphatic heterocycles. The predicted molar refractivity (Wildman–Crippen MR) is 210 cm³/mol. The molecule has 0 saturated carbocycles. The van der Waals surface area contributed by atoms with Crippen LogP contribution in [0.5, 0.6) is 0 Å². The summed E-state index contributed by atoms with van der Waals surface area (Å²) >= 11 is 0. The molecule has 2 heteroatoms. The monoisotopic (exact) mass is 655 g/mol. The van der Waals surface area contributed by atoms with Crippen molar-refractivity contribution < 1.29 is 9.59 Å². The van der Waals surface area contributed by atoms with Crippen molar-refractivity contribution in [2.75, 3.05) is 0 Å². The standard InChI is InChI=1S/C46H64O2/c1-34(2)18-12-19-35(3)20-13-21-36(4)22-14-23-37(5)24-15-25-38(6)26-16-27-39(7)28-17-29-40(8)32-33-42-41(9)45(47)43-30-10-11-31-44(43)46(42)48/h10-11,18,20,22,24,26,28,30-32H,12-17,19,21,23,25,27,29,33H2,1-9H3/b35-20+,36-22+,37-24+,38-26+,39-28+,40-32+/i10+1,11+1,30+1,31+1,43+1,44+1. The van der Waals surface area contributed by atoms with Crippen LogP contribution in [0.15, 0.2) is 117 Å². The zero-order valence-corrected chi connectivity index (χ0v) is 31.9. The van der Waals surface area contributed by atoms with E-state index in [9.17, 15) is 9.59 Å². The fourth-order valence-corrected chi connectivity index (χ4v) is 6.01. The van der Waals surface area contributed by atoms with Crippen LogP contribution in [0, 0.1) is 0 Å². The Morgan fingerprint density at radius 3 is 1.12 bits per heavy atom. The number of allylic oxidation sites excluding steroid dienone is 16. The molecule has 0 heterocycles. The van der Waals surface area contributed by atoms with Crippen LogP contribution in [0.3, 0.4) is 0 Å². The Bertz CT molecular complexity index is 1490. The average molecular weight is 655 g/mol. The summed E-state index contributed by atoms with van der Waals surface area (Å²) in [6, 6.07) is 7.15. The lowest BCUT2D eigenvalue weighted by Gasteiger charge is -2.18. The van der Waals surface area contributed by atoms with Gasteiger partial charge in [-0.15, -0.1) is 0 Å². The van der Waals surface area contributed by atoms with Crippen LogP contribution in [0.25, 0.3) is 0 Å². The Balaban J connectivity index is 1.65. The second-order valence-corrected chi connectivity index (χ2v) is 14.3. The number of carbonyl (C=O) groups is 2. The van der Waals surface area contributed by atoms with Crippen molar-refractivity contribution in [3.63, 3.8) is 0 Å². The maximum absolute atomic E-state index is 13.0. The highest BCUT2D eigenvalue weighted by atomic mass is 16.2. The number of fused-ring (bicyclic) bond motifs is 1. The lowest BCUT2D eigenvalue weighted by molar-refractivity contribution is 0.0973. The molecular weight excluding hydrogens is 590 g/mol. The van der Waals surface area contributed by atoms with Gasteiger partial charge in [-0.2, -0.15) is 0 Å². The Kier molecular flexibility index (Phi) is 18.8. The quantitative estimate of drug-likeness (QED) is 0.131. The van der Waals surface area contributed by atoms with Gasteiger partial charge in [0.05, 0.1) is 0 Å². The summed E-state index contributed by atoms with van der Waals surface area (Å²) in [7, 11) is 0. The van der Waals surface area contributed by atoms with Crippen molar-refractivity contribution in [2.24, 2.45) is 0 Å². The fourth-order valence-electron chi connectivity index (χ4n) is 6.01. The second kappa shape index (κ2) is 22.2. The molecule has 1 aromatic rings. The lowest BCUT2D eigenvalue weighted by atomic mass is 9.98. The van der Waals surface area contributed by atoms with Crippen LogP contribution in [-0.2, 0) is 0 Å². The van der Waals surface area contributed by atoms with Gasteiger partial charge in [-0.05, 0) is 146 Å². The van der Waals surface area contributed by atoms with E-state index in [4.69, 9.17) is 0 Å². The third-order valence-electron chi connectivity index (χ3n) is 9.39. The lowest BCUT2D eigenvalue weighted by Crippen LogP contribution is -2.20. The van der Waals surface area contributed by atoms with E-state index in [2.05, 4.69) is 97.9 Å². The molecule has 0 unspecified atom stereocenters. The van der Waals surface area contributed by atoms with Gasteiger partial charge < -0.3 is 0 Å². The molecule has 1 aliphatic rings. The number of hydrogen-bond donors (Lipinski definition) is 0. The zero-order chi connectivity index (χ0) is 35.5. The van der Waals surface area contributed by atoms with Gasteiger partial charge in [0.15, 0.2) is 11.6 Å². The summed E-state index contributed by atoms with van der Waals surface area (Å²) in [6.45, 7) is 19.6. The number of ketones is 2. The van der Waals surface area contributed by atoms with E-state index < -0.39 is 0 Å². The highest BCUT2D eigenvalue weighted by Gasteiger charge is 2.28. The maximum Gasteiger partial charge on any atom is 0.190 e. The molecule has 48 heavy (non-hydrogen) atoms. The average Bonchev–Trinajstić information content (AvgIpc) is 3.03. The summed E-state index contributed by atoms with van der Waals surface area (Å²) in [5, 5.41) is 0. The summed E-state index contributed by atoms with van der Waals surface area (Å²) in [6.07, 6.45) is 30.4. The molecule has 2 nitrogen and oxygen atoms in total. The molecule has 0 saturated heterocycles. The number of hydrogen-bond acceptors (Lipinski definition) is 2. The largest absolute Gasteiger partial charge is 0.289 e. The molecule has 260 valence electrons. The second-order valence-electron chi connectivity index (χ2n) is 14.3. The van der Waals surface area contributed by atoms with E-state index in [1.54, 1.807) is 19.1 Å². The van der Waals surface area contributed by atoms with Crippen molar-refractivity contribution in [3.8, 4) is 0 Å². The van der Waals surface area contributed by atoms with Crippen molar-refractivity contribution in [1.82, 2.24) is 0 Å². The molecule has 0 spiro atoms. The molecule has 0 N–H and O–H groups in total. The fraction of sp³-hybridized carbons (Fsp3) is 0.478. The smallest absolute Gasteiger partial charge is 0.190 e. The molecule has 0 atom stereocenters. The number of rotatable bonds is 20. The third-order valence-corrected chi connectivity index (χ3v) is 9.39. The van der Waals surface area contributed by atoms with Crippen LogP contribution >= 0.6 is 0 Å². The number of Topliss-reactive ketones (excluding diaryl/α,β-unsaturated/α-hetero) is 2. The van der Waals surface area contributed by atoms with Gasteiger partial charge in [0.1, 0.15) is 0 Å². The molecule has 1 aliphatic carbocycles. The summed E-state index contributed by atoms with van der Waals surface area (Å²) in [4.78, 5) is 25.7. The van der Waals surface area contributed by atoms with E-state index in [0.29, 0.717) is 28.7 Å². The Morgan fingerprint density at radius 1 is 0.458 bits per heavy atom. The Labute approximate surface area is 294 Å². The highest BCUT2D eigenvalue weighted by molar-refractivity contribution is 6.26. The zero-order valence-electron chi connectivity index (χ0n) is 31.9. The van der Waals surface area contributed by atoms with Crippen LogP contribution in [0.4, 0.5) is 0 Å². The molecular formula is C46H64O2. The molecule has 0 fully saturated rings. The van der Waals surface area contributed by atoms with E-state index in [0.717, 1.165) is 64.2 Å². The van der Waals surface area contributed by atoms with Gasteiger partial charge in [-0.1, -0.05) is 106 Å². The van der Waals surface area contributed by atoms with E-state index in [1.165, 1.54) is 51.9 Å².